The van der Waals surface area contributed by atoms with Gasteiger partial charge in [-0.05, 0) is 55.5 Å². The fourth-order valence-electron chi connectivity index (χ4n) is 3.90. The molecule has 5 amide bonds. The van der Waals surface area contributed by atoms with Gasteiger partial charge in [0.15, 0.2) is 0 Å². The fraction of sp³-hybridized carbons (Fsp3) is 0.160. The van der Waals surface area contributed by atoms with Crippen molar-refractivity contribution in [2.24, 2.45) is 0 Å². The minimum atomic E-state index is -4.66. The Morgan fingerprint density at radius 3 is 2.14 bits per heavy atom. The van der Waals surface area contributed by atoms with Crippen LogP contribution in [-0.2, 0) is 6.18 Å². The Hall–Kier alpha value is -4.34. The van der Waals surface area contributed by atoms with Crippen molar-refractivity contribution in [1.82, 2.24) is 5.32 Å². The molecule has 1 aliphatic heterocycles. The van der Waals surface area contributed by atoms with Crippen LogP contribution in [-0.4, -0.2) is 31.6 Å². The lowest BCUT2D eigenvalue weighted by molar-refractivity contribution is -0.137. The Morgan fingerprint density at radius 1 is 0.829 bits per heavy atom. The number of rotatable bonds is 4. The van der Waals surface area contributed by atoms with Gasteiger partial charge in [-0.2, -0.15) is 13.2 Å². The highest BCUT2D eigenvalue weighted by molar-refractivity contribution is 6.28. The number of hydrogen-bond donors (Lipinski definition) is 1. The van der Waals surface area contributed by atoms with Crippen LogP contribution >= 0.6 is 0 Å². The van der Waals surface area contributed by atoms with Gasteiger partial charge in [0, 0.05) is 19.2 Å². The molecule has 0 unspecified atom stereocenters. The molecule has 3 aromatic rings. The van der Waals surface area contributed by atoms with Crippen LogP contribution in [0.1, 0.15) is 22.8 Å². The first-order valence-electron chi connectivity index (χ1n) is 10.7. The van der Waals surface area contributed by atoms with Gasteiger partial charge < -0.3 is 5.32 Å². The third-order valence-electron chi connectivity index (χ3n) is 5.56. The highest BCUT2D eigenvalue weighted by Crippen LogP contribution is 2.43. The van der Waals surface area contributed by atoms with E-state index in [1.165, 1.54) is 42.3 Å². The van der Waals surface area contributed by atoms with E-state index in [0.717, 1.165) is 21.9 Å². The van der Waals surface area contributed by atoms with Crippen molar-refractivity contribution in [3.8, 4) is 0 Å². The van der Waals surface area contributed by atoms with Gasteiger partial charge in [-0.15, -0.1) is 0 Å². The normalized spacial score (nSPS) is 14.0. The zero-order valence-electron chi connectivity index (χ0n) is 18.8. The lowest BCUT2D eigenvalue weighted by atomic mass is 10.1. The predicted octanol–water partition coefficient (Wildman–Crippen LogP) is 5.79. The van der Waals surface area contributed by atoms with Crippen LogP contribution in [0.25, 0.3) is 0 Å². The summed E-state index contributed by atoms with van der Waals surface area (Å²) in [7, 11) is 1.45. The average Bonchev–Trinajstić information content (AvgIpc) is 2.94. The van der Waals surface area contributed by atoms with E-state index in [1.807, 2.05) is 0 Å². The van der Waals surface area contributed by atoms with Gasteiger partial charge in [-0.3, -0.25) is 14.6 Å². The van der Waals surface area contributed by atoms with Gasteiger partial charge in [-0.1, -0.05) is 24.3 Å². The number of hydrogen-bond acceptors (Lipinski definition) is 3. The van der Waals surface area contributed by atoms with Crippen LogP contribution in [0.3, 0.4) is 0 Å². The summed E-state index contributed by atoms with van der Waals surface area (Å²) in [6.45, 7) is 1.74. The number of para-hydroxylation sites is 1. The van der Waals surface area contributed by atoms with Crippen LogP contribution < -0.4 is 20.0 Å². The second-order valence-corrected chi connectivity index (χ2v) is 7.65. The highest BCUT2D eigenvalue weighted by atomic mass is 19.4. The van der Waals surface area contributed by atoms with Gasteiger partial charge in [0.25, 0.3) is 5.91 Å². The van der Waals surface area contributed by atoms with E-state index >= 15 is 0 Å². The molecule has 3 aromatic carbocycles. The van der Waals surface area contributed by atoms with Crippen molar-refractivity contribution in [1.29, 1.82) is 0 Å². The van der Waals surface area contributed by atoms with Gasteiger partial charge in [0.1, 0.15) is 0 Å². The highest BCUT2D eigenvalue weighted by Gasteiger charge is 2.41. The van der Waals surface area contributed by atoms with Crippen molar-refractivity contribution in [3.05, 3.63) is 83.9 Å². The van der Waals surface area contributed by atoms with Crippen LogP contribution in [0.2, 0.25) is 0 Å². The molecule has 7 nitrogen and oxygen atoms in total. The summed E-state index contributed by atoms with van der Waals surface area (Å²) < 4.78 is 40.8. The molecule has 10 heteroatoms. The largest absolute Gasteiger partial charge is 0.416 e. The third-order valence-corrected chi connectivity index (χ3v) is 5.56. The Morgan fingerprint density at radius 2 is 1.51 bits per heavy atom. The first kappa shape index (κ1) is 23.8. The number of anilines is 4. The van der Waals surface area contributed by atoms with Crippen LogP contribution in [0.4, 0.5) is 45.5 Å². The topological polar surface area (TPSA) is 73.0 Å². The number of carbonyl (C=O) groups is 3. The maximum Gasteiger partial charge on any atom is 0.416 e. The number of amides is 5. The van der Waals surface area contributed by atoms with E-state index < -0.39 is 29.7 Å². The summed E-state index contributed by atoms with van der Waals surface area (Å²) in [6, 6.07) is 15.3. The van der Waals surface area contributed by atoms with Gasteiger partial charge in [0.05, 0.1) is 28.3 Å². The molecule has 0 aromatic heterocycles. The molecule has 0 atom stereocenters. The van der Waals surface area contributed by atoms with Gasteiger partial charge in [0.2, 0.25) is 0 Å². The number of alkyl halides is 3. The Bertz CT molecular complexity index is 1290. The maximum absolute atomic E-state index is 13.9. The predicted molar refractivity (Wildman–Crippen MR) is 126 cm³/mol. The van der Waals surface area contributed by atoms with E-state index in [4.69, 9.17) is 0 Å². The number of halogens is 3. The van der Waals surface area contributed by atoms with E-state index in [9.17, 15) is 27.6 Å². The van der Waals surface area contributed by atoms with Gasteiger partial charge >= 0.3 is 18.2 Å². The van der Waals surface area contributed by atoms with Crippen molar-refractivity contribution in [2.45, 2.75) is 13.1 Å². The average molecular weight is 482 g/mol. The monoisotopic (exact) mass is 482 g/mol. The lowest BCUT2D eigenvalue weighted by Gasteiger charge is -2.27. The number of imide groups is 1. The number of nitrogens with zero attached hydrogens (tertiary/aromatic N) is 3. The van der Waals surface area contributed by atoms with Crippen LogP contribution in [0, 0.1) is 0 Å². The number of benzene rings is 3. The van der Waals surface area contributed by atoms with E-state index in [1.54, 1.807) is 37.3 Å². The quantitative estimate of drug-likeness (QED) is 0.512. The summed E-state index contributed by atoms with van der Waals surface area (Å²) in [4.78, 5) is 42.9. The lowest BCUT2D eigenvalue weighted by Crippen LogP contribution is -2.48. The second-order valence-electron chi connectivity index (χ2n) is 7.65. The standard InChI is InChI=1S/C25H21F3N4O3/c1-3-30-20-13-12-17(25(26,27)28)15-21(20)31(18-9-5-4-6-10-18)24(35)32(23(30)34)19-11-7-8-16(14-19)22(33)29-2/h4-15H,3H2,1-2H3,(H,29,33). The summed E-state index contributed by atoms with van der Waals surface area (Å²) >= 11 is 0. The van der Waals surface area contributed by atoms with Crippen molar-refractivity contribution >= 4 is 40.7 Å². The fourth-order valence-corrected chi connectivity index (χ4v) is 3.90. The molecule has 0 radical (unpaired) electrons. The van der Waals surface area contributed by atoms with Crippen molar-refractivity contribution in [3.63, 3.8) is 0 Å². The Kier molecular flexibility index (Phi) is 6.21. The van der Waals surface area contributed by atoms with Crippen LogP contribution in [0.5, 0.6) is 0 Å². The molecule has 0 spiro atoms. The molecule has 35 heavy (non-hydrogen) atoms. The molecule has 0 saturated carbocycles. The Balaban J connectivity index is 1.98. The molecule has 0 bridgehead atoms. The van der Waals surface area contributed by atoms with E-state index in [-0.39, 0.29) is 34.9 Å². The molecule has 0 aliphatic carbocycles. The molecule has 4 rings (SSSR count). The Labute approximate surface area is 199 Å². The first-order chi connectivity index (χ1) is 16.7. The van der Waals surface area contributed by atoms with Crippen molar-refractivity contribution in [2.75, 3.05) is 28.3 Å². The number of carbonyl (C=O) groups excluding carboxylic acids is 3. The van der Waals surface area contributed by atoms with Crippen LogP contribution in [0.15, 0.2) is 72.8 Å². The SMILES string of the molecule is CCN1C(=O)N(c2cccc(C(=O)NC)c2)C(=O)N(c2ccccc2)c2cc(C(F)(F)F)ccc21. The minimum Gasteiger partial charge on any atom is -0.355 e. The summed E-state index contributed by atoms with van der Waals surface area (Å²) in [5, 5.41) is 2.48. The van der Waals surface area contributed by atoms with E-state index in [0.29, 0.717) is 0 Å². The summed E-state index contributed by atoms with van der Waals surface area (Å²) in [5.41, 5.74) is -0.311. The van der Waals surface area contributed by atoms with E-state index in [2.05, 4.69) is 5.32 Å². The zero-order valence-corrected chi connectivity index (χ0v) is 18.8. The number of nitrogens with one attached hydrogen (secondary N) is 1. The molecule has 180 valence electrons. The molecular weight excluding hydrogens is 461 g/mol. The number of fused-ring (bicyclic) bond motifs is 1. The second kappa shape index (κ2) is 9.13. The molecule has 1 N–H and O–H groups in total. The molecular formula is C25H21F3N4O3. The minimum absolute atomic E-state index is 0.0821. The molecule has 1 heterocycles. The first-order valence-corrected chi connectivity index (χ1v) is 10.7. The molecule has 0 saturated heterocycles. The smallest absolute Gasteiger partial charge is 0.355 e. The third kappa shape index (κ3) is 4.30. The number of urea groups is 2. The zero-order chi connectivity index (χ0) is 25.3. The molecule has 0 fully saturated rings. The summed E-state index contributed by atoms with van der Waals surface area (Å²) in [5.74, 6) is -0.424. The molecule has 1 aliphatic rings. The summed E-state index contributed by atoms with van der Waals surface area (Å²) in [6.07, 6.45) is -4.66. The maximum atomic E-state index is 13.9. The van der Waals surface area contributed by atoms with Gasteiger partial charge in [-0.25, -0.2) is 14.5 Å². The van der Waals surface area contributed by atoms with Crippen molar-refractivity contribution < 1.29 is 27.6 Å².